The van der Waals surface area contributed by atoms with Crippen molar-refractivity contribution in [2.75, 3.05) is 103 Å². The molecule has 4 amide bonds. The van der Waals surface area contributed by atoms with E-state index in [1.54, 1.807) is 38.4 Å². The molecular weight excluding hydrogens is 622 g/mol. The first-order chi connectivity index (χ1) is 22.9. The summed E-state index contributed by atoms with van der Waals surface area (Å²) in [7, 11) is -0.219. The van der Waals surface area contributed by atoms with Gasteiger partial charge in [-0.05, 0) is 35.2 Å². The molecule has 1 heterocycles. The number of nitrogens with one attached hydrogen (secondary N) is 4. The topological polar surface area (TPSA) is 210 Å². The Hall–Kier alpha value is -3.87. The van der Waals surface area contributed by atoms with Crippen molar-refractivity contribution in [3.63, 3.8) is 0 Å². The lowest BCUT2D eigenvalue weighted by Crippen LogP contribution is -2.50. The highest BCUT2D eigenvalue weighted by atomic mass is 16.4. The van der Waals surface area contributed by atoms with E-state index in [9.17, 15) is 39.3 Å². The maximum Gasteiger partial charge on any atom is 0.488 e. The number of carbonyl (C=O) groups is 4. The minimum atomic E-state index is -1.67. The van der Waals surface area contributed by atoms with Gasteiger partial charge in [-0.1, -0.05) is 24.3 Å². The molecule has 48 heavy (non-hydrogen) atoms. The van der Waals surface area contributed by atoms with Crippen molar-refractivity contribution in [1.82, 2.24) is 30.2 Å². The standard InChI is InChI=1S/C30H46B2N8O8/c1-33-27(41)19-37-9-13-39(21-29(43)35-25-7-3-5-23(17-25)31(45)46)15-11-38(20-28(42)34-2)12-16-40(14-10-37)22-30(44)36-26-8-4-6-24(18-26)32(47)48/h3-8,17-18,45-48H,9-16,19-22H2,1-2H3,(H,33,41)(H,34,42)(H,35,43)(H,36,44). The summed E-state index contributed by atoms with van der Waals surface area (Å²) in [6, 6.07) is 12.6. The van der Waals surface area contributed by atoms with Crippen molar-refractivity contribution in [2.45, 2.75) is 0 Å². The van der Waals surface area contributed by atoms with Gasteiger partial charge < -0.3 is 41.4 Å². The van der Waals surface area contributed by atoms with Crippen molar-refractivity contribution in [3.8, 4) is 0 Å². The predicted octanol–water partition coefficient (Wildman–Crippen LogP) is -4.66. The quantitative estimate of drug-likeness (QED) is 0.100. The number of amides is 4. The molecule has 0 saturated carbocycles. The summed E-state index contributed by atoms with van der Waals surface area (Å²) in [4.78, 5) is 58.7. The summed E-state index contributed by atoms with van der Waals surface area (Å²) in [6.45, 7) is 3.78. The molecule has 260 valence electrons. The first-order valence-electron chi connectivity index (χ1n) is 15.8. The lowest BCUT2D eigenvalue weighted by Gasteiger charge is -2.33. The van der Waals surface area contributed by atoms with Crippen molar-refractivity contribution >= 4 is 60.2 Å². The van der Waals surface area contributed by atoms with Crippen molar-refractivity contribution in [3.05, 3.63) is 48.5 Å². The summed E-state index contributed by atoms with van der Waals surface area (Å²) < 4.78 is 0. The molecule has 0 atom stereocenters. The van der Waals surface area contributed by atoms with E-state index in [-0.39, 0.29) is 60.7 Å². The van der Waals surface area contributed by atoms with E-state index < -0.39 is 14.2 Å². The molecule has 16 nitrogen and oxygen atoms in total. The normalized spacial score (nSPS) is 15.8. The number of benzene rings is 2. The Balaban J connectivity index is 1.74. The maximum atomic E-state index is 13.1. The van der Waals surface area contributed by atoms with Crippen LogP contribution >= 0.6 is 0 Å². The summed E-state index contributed by atoms with van der Waals surface area (Å²) in [5.41, 5.74) is 1.34. The van der Waals surface area contributed by atoms with Gasteiger partial charge in [-0.3, -0.25) is 38.8 Å². The van der Waals surface area contributed by atoms with Crippen LogP contribution in [0.2, 0.25) is 0 Å². The van der Waals surface area contributed by atoms with Gasteiger partial charge in [-0.2, -0.15) is 0 Å². The molecule has 0 bridgehead atoms. The molecule has 0 spiro atoms. The molecule has 2 aromatic rings. The maximum absolute atomic E-state index is 13.1. The van der Waals surface area contributed by atoms with E-state index >= 15 is 0 Å². The predicted molar refractivity (Wildman–Crippen MR) is 184 cm³/mol. The van der Waals surface area contributed by atoms with Gasteiger partial charge in [0.2, 0.25) is 23.6 Å². The molecule has 0 unspecified atom stereocenters. The van der Waals surface area contributed by atoms with Crippen LogP contribution in [0, 0.1) is 0 Å². The Kier molecular flexibility index (Phi) is 15.9. The molecule has 1 aliphatic rings. The highest BCUT2D eigenvalue weighted by Crippen LogP contribution is 2.08. The second kappa shape index (κ2) is 19.8. The lowest BCUT2D eigenvalue weighted by atomic mass is 9.80. The molecule has 0 radical (unpaired) electrons. The number of hydrogen-bond acceptors (Lipinski definition) is 12. The van der Waals surface area contributed by atoms with Gasteiger partial charge in [0.1, 0.15) is 0 Å². The van der Waals surface area contributed by atoms with E-state index in [4.69, 9.17) is 0 Å². The van der Waals surface area contributed by atoms with Gasteiger partial charge in [0, 0.05) is 77.8 Å². The highest BCUT2D eigenvalue weighted by Gasteiger charge is 2.22. The molecule has 1 aliphatic heterocycles. The van der Waals surface area contributed by atoms with Crippen LogP contribution in [0.5, 0.6) is 0 Å². The Labute approximate surface area is 281 Å². The fraction of sp³-hybridized carbons (Fsp3) is 0.467. The third-order valence-corrected chi connectivity index (χ3v) is 7.89. The number of carbonyl (C=O) groups excluding carboxylic acids is 4. The zero-order valence-electron chi connectivity index (χ0n) is 27.5. The molecule has 1 fully saturated rings. The van der Waals surface area contributed by atoms with E-state index in [1.807, 2.05) is 19.6 Å². The summed E-state index contributed by atoms with van der Waals surface area (Å²) in [5.74, 6) is -0.967. The lowest BCUT2D eigenvalue weighted by molar-refractivity contribution is -0.122. The van der Waals surface area contributed by atoms with Crippen LogP contribution in [0.3, 0.4) is 0 Å². The smallest absolute Gasteiger partial charge is 0.423 e. The van der Waals surface area contributed by atoms with E-state index in [2.05, 4.69) is 21.3 Å². The van der Waals surface area contributed by atoms with Crippen LogP contribution in [0.1, 0.15) is 0 Å². The van der Waals surface area contributed by atoms with Gasteiger partial charge in [-0.25, -0.2) is 0 Å². The van der Waals surface area contributed by atoms with Crippen molar-refractivity contribution in [2.24, 2.45) is 0 Å². The SMILES string of the molecule is CNC(=O)CN1CCN(CC(=O)Nc2cccc(B(O)O)c2)CCN(CC(=O)NC)CCN(CC(=O)Nc2cccc(B(O)O)c2)CC1. The van der Waals surface area contributed by atoms with Crippen LogP contribution in [-0.4, -0.2) is 170 Å². The van der Waals surface area contributed by atoms with Crippen molar-refractivity contribution < 1.29 is 39.3 Å². The third-order valence-electron chi connectivity index (χ3n) is 7.89. The van der Waals surface area contributed by atoms with Gasteiger partial charge in [0.25, 0.3) is 0 Å². The molecule has 8 N–H and O–H groups in total. The number of likely N-dealkylation sites (N-methyl/N-ethyl adjacent to an activating group) is 2. The van der Waals surface area contributed by atoms with Gasteiger partial charge in [-0.15, -0.1) is 0 Å². The number of rotatable bonds is 12. The van der Waals surface area contributed by atoms with Crippen LogP contribution < -0.4 is 32.2 Å². The average Bonchev–Trinajstić information content (AvgIpc) is 3.05. The third kappa shape index (κ3) is 13.7. The zero-order chi connectivity index (χ0) is 35.1. The fourth-order valence-corrected chi connectivity index (χ4v) is 5.14. The average molecular weight is 668 g/mol. The van der Waals surface area contributed by atoms with Gasteiger partial charge >= 0.3 is 14.2 Å². The minimum absolute atomic E-state index is 0.0222. The van der Waals surface area contributed by atoms with Crippen LogP contribution in [0.4, 0.5) is 11.4 Å². The van der Waals surface area contributed by atoms with E-state index in [1.165, 1.54) is 24.3 Å². The van der Waals surface area contributed by atoms with Crippen molar-refractivity contribution in [1.29, 1.82) is 0 Å². The Morgan fingerprint density at radius 2 is 0.833 bits per heavy atom. The van der Waals surface area contributed by atoms with Crippen LogP contribution in [0.25, 0.3) is 0 Å². The fourth-order valence-electron chi connectivity index (χ4n) is 5.14. The van der Waals surface area contributed by atoms with Gasteiger partial charge in [0.05, 0.1) is 26.2 Å². The Morgan fingerprint density at radius 1 is 0.542 bits per heavy atom. The molecular formula is C30H46B2N8O8. The second-order valence-electron chi connectivity index (χ2n) is 11.5. The number of nitrogens with zero attached hydrogens (tertiary/aromatic N) is 4. The Morgan fingerprint density at radius 3 is 1.10 bits per heavy atom. The monoisotopic (exact) mass is 668 g/mol. The molecule has 2 aromatic carbocycles. The molecule has 1 saturated heterocycles. The second-order valence-corrected chi connectivity index (χ2v) is 11.5. The minimum Gasteiger partial charge on any atom is -0.423 e. The number of anilines is 2. The van der Waals surface area contributed by atoms with Gasteiger partial charge in [0.15, 0.2) is 0 Å². The summed E-state index contributed by atoms with van der Waals surface area (Å²) in [6.07, 6.45) is 0. The number of hydrogen-bond donors (Lipinski definition) is 8. The zero-order valence-corrected chi connectivity index (χ0v) is 27.5. The molecule has 18 heteroatoms. The molecule has 3 rings (SSSR count). The van der Waals surface area contributed by atoms with Crippen LogP contribution in [-0.2, 0) is 19.2 Å². The van der Waals surface area contributed by atoms with Crippen LogP contribution in [0.15, 0.2) is 48.5 Å². The molecule has 0 aromatic heterocycles. The molecule has 0 aliphatic carbocycles. The summed E-state index contributed by atoms with van der Waals surface area (Å²) >= 11 is 0. The highest BCUT2D eigenvalue weighted by molar-refractivity contribution is 6.59. The largest absolute Gasteiger partial charge is 0.488 e. The first kappa shape index (κ1) is 38.6. The van der Waals surface area contributed by atoms with E-state index in [0.717, 1.165) is 0 Å². The summed E-state index contributed by atoms with van der Waals surface area (Å²) in [5, 5.41) is 48.8. The van der Waals surface area contributed by atoms with E-state index in [0.29, 0.717) is 63.7 Å². The first-order valence-corrected chi connectivity index (χ1v) is 15.8. The Bertz CT molecular complexity index is 1250.